The van der Waals surface area contributed by atoms with Gasteiger partial charge in [0.05, 0.1) is 0 Å². The standard InChI is InChI=1S/C2H4O2.ClO.2Na.Ni.H2O4S/c1-2(3)4;1-2;;;;1-5(2,3)4/h1H3,(H,3,4);;;;;(H2,1,2,3,4)/q;-1;2*+1;+2;/p-3. The molecular weight excluding hydrogens is 308 g/mol. The summed E-state index contributed by atoms with van der Waals surface area (Å²) in [6.07, 6.45) is 0. The fourth-order valence-electron chi connectivity index (χ4n) is 0. The molecule has 0 aliphatic rings. The maximum atomic E-state index is 8.89. The Hall–Kier alpha value is 2.08. The van der Waals surface area contributed by atoms with Crippen molar-refractivity contribution in [2.75, 3.05) is 0 Å². The molecular formula is C2H3ClNa2NiO7S. The van der Waals surface area contributed by atoms with Crippen LogP contribution in [0, 0.1) is 0 Å². The van der Waals surface area contributed by atoms with Gasteiger partial charge in [0, 0.05) is 16.4 Å². The van der Waals surface area contributed by atoms with Crippen LogP contribution in [0.2, 0.25) is 0 Å². The Kier molecular flexibility index (Phi) is 62.6. The van der Waals surface area contributed by atoms with Crippen LogP contribution in [-0.4, -0.2) is 23.5 Å². The van der Waals surface area contributed by atoms with Gasteiger partial charge in [0.25, 0.3) is 0 Å². The van der Waals surface area contributed by atoms with E-state index in [1.54, 1.807) is 0 Å². The van der Waals surface area contributed by atoms with E-state index in [0.29, 0.717) is 0 Å². The average molecular weight is 311 g/mol. The Morgan fingerprint density at radius 3 is 1.14 bits per heavy atom. The third-order valence-corrected chi connectivity index (χ3v) is 0. The number of halogens is 1. The number of carboxylic acids is 1. The summed E-state index contributed by atoms with van der Waals surface area (Å²) in [6.45, 7) is 0.972. The first-order chi connectivity index (χ1) is 4.73. The number of carbonyl (C=O) groups is 1. The summed E-state index contributed by atoms with van der Waals surface area (Å²) in [4.78, 5) is 8.89. The second kappa shape index (κ2) is 24.4. The second-order valence-corrected chi connectivity index (χ2v) is 1.72. The van der Waals surface area contributed by atoms with Gasteiger partial charge in [-0.1, -0.05) is 0 Å². The maximum Gasteiger partial charge on any atom is 2.00 e. The zero-order valence-electron chi connectivity index (χ0n) is 7.46. The molecule has 0 aliphatic heterocycles. The van der Waals surface area contributed by atoms with Crippen molar-refractivity contribution >= 4 is 28.2 Å². The van der Waals surface area contributed by atoms with Gasteiger partial charge in [0.2, 0.25) is 0 Å². The number of hydrogen-bond donors (Lipinski definition) is 0. The van der Waals surface area contributed by atoms with Gasteiger partial charge in [-0.2, -0.15) is 0 Å². The van der Waals surface area contributed by atoms with Crippen LogP contribution < -0.4 is 68.9 Å². The fraction of sp³-hybridized carbons (Fsp3) is 0.500. The minimum atomic E-state index is -5.17. The number of hydrogen-bond acceptors (Lipinski definition) is 7. The van der Waals surface area contributed by atoms with Gasteiger partial charge in [-0.15, -0.1) is 0 Å². The molecule has 0 saturated carbocycles. The van der Waals surface area contributed by atoms with E-state index in [1.165, 1.54) is 0 Å². The van der Waals surface area contributed by atoms with Crippen LogP contribution in [0.3, 0.4) is 0 Å². The molecule has 0 unspecified atom stereocenters. The fourth-order valence-corrected chi connectivity index (χ4v) is 0. The molecule has 14 heavy (non-hydrogen) atoms. The second-order valence-electron chi connectivity index (χ2n) is 0.900. The summed E-state index contributed by atoms with van der Waals surface area (Å²) in [6, 6.07) is 0. The third kappa shape index (κ3) is 555. The van der Waals surface area contributed by atoms with Crippen molar-refractivity contribution in [3.63, 3.8) is 0 Å². The summed E-state index contributed by atoms with van der Waals surface area (Å²) < 4.78 is 41.8. The summed E-state index contributed by atoms with van der Waals surface area (Å²) in [5.74, 6) is -1.08. The van der Waals surface area contributed by atoms with Crippen LogP contribution >= 0.6 is 11.9 Å². The van der Waals surface area contributed by atoms with Crippen LogP contribution in [0.5, 0.6) is 0 Å². The Morgan fingerprint density at radius 1 is 1.14 bits per heavy atom. The molecule has 0 atom stereocenters. The summed E-state index contributed by atoms with van der Waals surface area (Å²) in [7, 11) is -5.17. The molecule has 0 saturated heterocycles. The van der Waals surface area contributed by atoms with Gasteiger partial charge in [-0.3, -0.25) is 8.42 Å². The molecule has 0 spiro atoms. The largest absolute Gasteiger partial charge is 2.00 e. The Balaban J connectivity index is -0.0000000166. The van der Waals surface area contributed by atoms with Crippen molar-refractivity contribution in [2.45, 2.75) is 6.92 Å². The molecule has 0 rings (SSSR count). The first-order valence-corrected chi connectivity index (χ1v) is 3.37. The predicted octanol–water partition coefficient (Wildman–Crippen LogP) is -9.08. The van der Waals surface area contributed by atoms with Crippen molar-refractivity contribution in [2.24, 2.45) is 0 Å². The van der Waals surface area contributed by atoms with E-state index >= 15 is 0 Å². The summed E-state index contributed by atoms with van der Waals surface area (Å²) >= 11 is 3.39. The zero-order valence-corrected chi connectivity index (χ0v) is 14.0. The van der Waals surface area contributed by atoms with Gasteiger partial charge in [-0.25, -0.2) is 11.9 Å². The van der Waals surface area contributed by atoms with Crippen molar-refractivity contribution in [3.05, 3.63) is 0 Å². The molecule has 0 aromatic carbocycles. The van der Waals surface area contributed by atoms with E-state index in [0.717, 1.165) is 6.92 Å². The molecule has 7 nitrogen and oxygen atoms in total. The molecule has 0 aliphatic carbocycles. The molecule has 0 bridgehead atoms. The number of rotatable bonds is 0. The number of carbonyl (C=O) groups excluding carboxylic acids is 1. The van der Waals surface area contributed by atoms with E-state index < -0.39 is 16.4 Å². The van der Waals surface area contributed by atoms with Crippen LogP contribution in [0.1, 0.15) is 6.92 Å². The van der Waals surface area contributed by atoms with Gasteiger partial charge >= 0.3 is 75.6 Å². The minimum absolute atomic E-state index is 0. The zero-order chi connectivity index (χ0) is 10.1. The molecule has 0 radical (unpaired) electrons. The number of aliphatic carboxylic acids is 1. The molecule has 12 heteroatoms. The Labute approximate surface area is 141 Å². The predicted molar refractivity (Wildman–Crippen MR) is 27.0 cm³/mol. The SMILES string of the molecule is CC(=O)[O-].O=S(=O)([O-])[O-].[Na+].[Na+].[Ni+2].[O-]Cl. The molecule has 0 aromatic rings. The Bertz CT molecular complexity index is 172. The molecule has 0 amide bonds. The first-order valence-electron chi connectivity index (χ1n) is 1.73. The smallest absolute Gasteiger partial charge is 0.769 e. The van der Waals surface area contributed by atoms with Gasteiger partial charge in [0.15, 0.2) is 0 Å². The average Bonchev–Trinajstić information content (AvgIpc) is 1.63. The van der Waals surface area contributed by atoms with E-state index in [2.05, 4.69) is 11.9 Å². The summed E-state index contributed by atoms with van der Waals surface area (Å²) in [5, 5.41) is 8.89. The first kappa shape index (κ1) is 36.0. The minimum Gasteiger partial charge on any atom is -0.769 e. The van der Waals surface area contributed by atoms with Crippen molar-refractivity contribution < 1.29 is 108 Å². The number of carboxylic acid groups (broad SMARTS) is 1. The van der Waals surface area contributed by atoms with Crippen molar-refractivity contribution in [1.82, 2.24) is 0 Å². The molecule has 0 N–H and O–H groups in total. The monoisotopic (exact) mass is 310 g/mol. The van der Waals surface area contributed by atoms with Crippen LogP contribution in [-0.2, 0) is 31.7 Å². The topological polar surface area (TPSA) is 143 Å². The molecule has 0 aromatic heterocycles. The van der Waals surface area contributed by atoms with E-state index in [9.17, 15) is 0 Å². The quantitative estimate of drug-likeness (QED) is 0.245. The van der Waals surface area contributed by atoms with E-state index in [4.69, 9.17) is 32.1 Å². The normalized spacial score (nSPS) is 6.36. The van der Waals surface area contributed by atoms with E-state index in [1.807, 2.05) is 0 Å². The molecule has 0 fully saturated rings. The van der Waals surface area contributed by atoms with Crippen molar-refractivity contribution in [3.8, 4) is 0 Å². The maximum absolute atomic E-state index is 8.89. The van der Waals surface area contributed by atoms with E-state index in [-0.39, 0.29) is 75.6 Å². The van der Waals surface area contributed by atoms with Crippen LogP contribution in [0.25, 0.3) is 0 Å². The van der Waals surface area contributed by atoms with Crippen molar-refractivity contribution in [1.29, 1.82) is 0 Å². The Morgan fingerprint density at radius 2 is 1.14 bits per heavy atom. The van der Waals surface area contributed by atoms with Gasteiger partial charge < -0.3 is 23.7 Å². The van der Waals surface area contributed by atoms with Crippen LogP contribution in [0.4, 0.5) is 0 Å². The third-order valence-electron chi connectivity index (χ3n) is 0. The summed E-state index contributed by atoms with van der Waals surface area (Å²) in [5.41, 5.74) is 0. The van der Waals surface area contributed by atoms with Gasteiger partial charge in [0.1, 0.15) is 0 Å². The molecule has 78 valence electrons. The van der Waals surface area contributed by atoms with Gasteiger partial charge in [-0.05, 0) is 6.92 Å². The van der Waals surface area contributed by atoms with Crippen LogP contribution in [0.15, 0.2) is 0 Å². The molecule has 0 heterocycles.